The molecule has 0 radical (unpaired) electrons. The van der Waals surface area contributed by atoms with Gasteiger partial charge in [0.15, 0.2) is 0 Å². The lowest BCUT2D eigenvalue weighted by Crippen LogP contribution is -2.24. The fraction of sp³-hybridized carbons (Fsp3) is 0.133. The van der Waals surface area contributed by atoms with Gasteiger partial charge in [0.25, 0.3) is 0 Å². The highest BCUT2D eigenvalue weighted by molar-refractivity contribution is 5.99. The third kappa shape index (κ3) is 1.94. The molecular formula is C15H13NO. The van der Waals surface area contributed by atoms with E-state index in [-0.39, 0.29) is 5.91 Å². The first kappa shape index (κ1) is 10.1. The van der Waals surface area contributed by atoms with Crippen LogP contribution in [0, 0.1) is 0 Å². The molecule has 2 aliphatic rings. The van der Waals surface area contributed by atoms with Gasteiger partial charge >= 0.3 is 0 Å². The molecule has 1 N–H and O–H groups in total. The van der Waals surface area contributed by atoms with Crippen LogP contribution >= 0.6 is 0 Å². The zero-order valence-corrected chi connectivity index (χ0v) is 9.44. The Morgan fingerprint density at radius 1 is 1.18 bits per heavy atom. The highest BCUT2D eigenvalue weighted by Crippen LogP contribution is 2.28. The Bertz CT molecular complexity index is 564. The fourth-order valence-electron chi connectivity index (χ4n) is 2.32. The van der Waals surface area contributed by atoms with Gasteiger partial charge in [0.1, 0.15) is 0 Å². The summed E-state index contributed by atoms with van der Waals surface area (Å²) in [6, 6.07) is 8.29. The molecule has 0 atom stereocenters. The van der Waals surface area contributed by atoms with Crippen LogP contribution in [-0.4, -0.2) is 5.91 Å². The van der Waals surface area contributed by atoms with Gasteiger partial charge in [-0.05, 0) is 29.2 Å². The van der Waals surface area contributed by atoms with Gasteiger partial charge in [0.2, 0.25) is 5.91 Å². The number of rotatable bonds is 0. The standard InChI is InChI=1S/C15H13NO/c17-15-10-12-9-13(16-15)7-3-1-5-11-6-2-4-8-14(11)12/h1-4,6-8,10H,5,9H2,(H,16,17)/b3-1-,13-7+. The van der Waals surface area contributed by atoms with E-state index in [0.29, 0.717) is 0 Å². The molecule has 0 spiro atoms. The Hall–Kier alpha value is -2.09. The first-order valence-corrected chi connectivity index (χ1v) is 5.78. The van der Waals surface area contributed by atoms with E-state index in [9.17, 15) is 4.79 Å². The SMILES string of the molecule is O=C1C=C2C/C(=C\C=C/Cc3ccccc32)N1. The number of carbonyl (C=O) groups is 1. The van der Waals surface area contributed by atoms with Gasteiger partial charge in [0, 0.05) is 18.2 Å². The van der Waals surface area contributed by atoms with E-state index < -0.39 is 0 Å². The van der Waals surface area contributed by atoms with Gasteiger partial charge in [-0.1, -0.05) is 36.4 Å². The number of benzene rings is 1. The van der Waals surface area contributed by atoms with Crippen molar-refractivity contribution in [3.05, 3.63) is 65.4 Å². The van der Waals surface area contributed by atoms with Crippen molar-refractivity contribution in [2.75, 3.05) is 0 Å². The van der Waals surface area contributed by atoms with Crippen LogP contribution in [0.2, 0.25) is 0 Å². The monoisotopic (exact) mass is 223 g/mol. The number of hydrogen-bond donors (Lipinski definition) is 1. The van der Waals surface area contributed by atoms with E-state index in [1.165, 1.54) is 11.1 Å². The van der Waals surface area contributed by atoms with Crippen molar-refractivity contribution in [3.63, 3.8) is 0 Å². The predicted octanol–water partition coefficient (Wildman–Crippen LogP) is 2.59. The molecule has 1 heterocycles. The molecule has 1 aromatic carbocycles. The predicted molar refractivity (Wildman–Crippen MR) is 68.1 cm³/mol. The van der Waals surface area contributed by atoms with Gasteiger partial charge in [0.05, 0.1) is 0 Å². The zero-order chi connectivity index (χ0) is 11.7. The number of nitrogens with one attached hydrogen (secondary N) is 1. The molecule has 0 aromatic heterocycles. The second kappa shape index (κ2) is 4.06. The zero-order valence-electron chi connectivity index (χ0n) is 9.44. The summed E-state index contributed by atoms with van der Waals surface area (Å²) in [6.45, 7) is 0. The molecule has 1 amide bonds. The van der Waals surface area contributed by atoms with Crippen molar-refractivity contribution in [3.8, 4) is 0 Å². The van der Waals surface area contributed by atoms with E-state index in [1.54, 1.807) is 6.08 Å². The number of amides is 1. The minimum absolute atomic E-state index is 0.0254. The molecular weight excluding hydrogens is 210 g/mol. The van der Waals surface area contributed by atoms with Gasteiger partial charge in [-0.3, -0.25) is 4.79 Å². The Balaban J connectivity index is 2.18. The minimum Gasteiger partial charge on any atom is -0.326 e. The van der Waals surface area contributed by atoms with Gasteiger partial charge < -0.3 is 5.32 Å². The van der Waals surface area contributed by atoms with Crippen LogP contribution in [0.25, 0.3) is 5.57 Å². The normalized spacial score (nSPS) is 22.9. The molecule has 2 heteroatoms. The summed E-state index contributed by atoms with van der Waals surface area (Å²) in [5.41, 5.74) is 4.55. The van der Waals surface area contributed by atoms with E-state index in [4.69, 9.17) is 0 Å². The Kier molecular flexibility index (Phi) is 2.41. The Morgan fingerprint density at radius 3 is 3.00 bits per heavy atom. The van der Waals surface area contributed by atoms with Crippen LogP contribution in [0.3, 0.4) is 0 Å². The average molecular weight is 223 g/mol. The molecule has 1 aliphatic heterocycles. The molecule has 1 aliphatic carbocycles. The molecule has 1 aromatic rings. The van der Waals surface area contributed by atoms with E-state index >= 15 is 0 Å². The summed E-state index contributed by atoms with van der Waals surface area (Å²) in [6.07, 6.45) is 9.54. The maximum absolute atomic E-state index is 11.6. The quantitative estimate of drug-likeness (QED) is 0.719. The maximum atomic E-state index is 11.6. The molecule has 2 nitrogen and oxygen atoms in total. The van der Waals surface area contributed by atoms with Gasteiger partial charge in [-0.25, -0.2) is 0 Å². The van der Waals surface area contributed by atoms with Crippen molar-refractivity contribution in [2.24, 2.45) is 0 Å². The number of hydrogen-bond acceptors (Lipinski definition) is 1. The highest BCUT2D eigenvalue weighted by Gasteiger charge is 2.17. The highest BCUT2D eigenvalue weighted by atomic mass is 16.1. The average Bonchev–Trinajstić information content (AvgIpc) is 2.39. The molecule has 17 heavy (non-hydrogen) atoms. The van der Waals surface area contributed by atoms with Crippen LogP contribution in [0.1, 0.15) is 17.5 Å². The first-order valence-electron chi connectivity index (χ1n) is 5.78. The number of fused-ring (bicyclic) bond motifs is 4. The molecule has 2 bridgehead atoms. The lowest BCUT2D eigenvalue weighted by molar-refractivity contribution is -0.116. The topological polar surface area (TPSA) is 29.1 Å². The Labute approximate surface area is 100 Å². The smallest absolute Gasteiger partial charge is 0.248 e. The van der Waals surface area contributed by atoms with Crippen LogP contribution in [-0.2, 0) is 11.2 Å². The van der Waals surface area contributed by atoms with Crippen LogP contribution in [0.5, 0.6) is 0 Å². The molecule has 0 saturated carbocycles. The maximum Gasteiger partial charge on any atom is 0.248 e. The summed E-state index contributed by atoms with van der Waals surface area (Å²) in [7, 11) is 0. The van der Waals surface area contributed by atoms with E-state index in [1.807, 2.05) is 24.3 Å². The fourth-order valence-corrected chi connectivity index (χ4v) is 2.32. The van der Waals surface area contributed by atoms with Gasteiger partial charge in [-0.2, -0.15) is 0 Å². The lowest BCUT2D eigenvalue weighted by Gasteiger charge is -2.18. The summed E-state index contributed by atoms with van der Waals surface area (Å²) in [5.74, 6) is -0.0254. The summed E-state index contributed by atoms with van der Waals surface area (Å²) in [4.78, 5) is 11.6. The van der Waals surface area contributed by atoms with Crippen LogP contribution in [0.4, 0.5) is 0 Å². The molecule has 3 rings (SSSR count). The summed E-state index contributed by atoms with van der Waals surface area (Å²) >= 11 is 0. The van der Waals surface area contributed by atoms with Gasteiger partial charge in [-0.15, -0.1) is 0 Å². The van der Waals surface area contributed by atoms with E-state index in [0.717, 1.165) is 24.1 Å². The van der Waals surface area contributed by atoms with Crippen molar-refractivity contribution >= 4 is 11.5 Å². The number of allylic oxidation sites excluding steroid dienone is 4. The largest absolute Gasteiger partial charge is 0.326 e. The minimum atomic E-state index is -0.0254. The molecule has 0 unspecified atom stereocenters. The van der Waals surface area contributed by atoms with Crippen molar-refractivity contribution < 1.29 is 4.79 Å². The van der Waals surface area contributed by atoms with Crippen molar-refractivity contribution in [2.45, 2.75) is 12.8 Å². The van der Waals surface area contributed by atoms with Crippen molar-refractivity contribution in [1.29, 1.82) is 0 Å². The lowest BCUT2D eigenvalue weighted by atomic mass is 9.93. The second-order valence-corrected chi connectivity index (χ2v) is 4.32. The van der Waals surface area contributed by atoms with E-state index in [2.05, 4.69) is 23.5 Å². The van der Waals surface area contributed by atoms with Crippen LogP contribution < -0.4 is 5.32 Å². The molecule has 84 valence electrons. The number of carbonyl (C=O) groups excluding carboxylic acids is 1. The third-order valence-corrected chi connectivity index (χ3v) is 3.10. The van der Waals surface area contributed by atoms with Crippen LogP contribution in [0.15, 0.2) is 54.3 Å². The van der Waals surface area contributed by atoms with Crippen molar-refractivity contribution in [1.82, 2.24) is 5.32 Å². The first-order chi connectivity index (χ1) is 8.33. The molecule has 0 fully saturated rings. The second-order valence-electron chi connectivity index (χ2n) is 4.32. The summed E-state index contributed by atoms with van der Waals surface area (Å²) < 4.78 is 0. The molecule has 0 saturated heterocycles. The summed E-state index contributed by atoms with van der Waals surface area (Å²) in [5, 5.41) is 2.87. The Morgan fingerprint density at radius 2 is 2.06 bits per heavy atom. The third-order valence-electron chi connectivity index (χ3n) is 3.10.